The molecule has 0 saturated carbocycles. The second-order valence-electron chi connectivity index (χ2n) is 4.91. The molecule has 0 aliphatic heterocycles. The minimum atomic E-state index is -0.890. The summed E-state index contributed by atoms with van der Waals surface area (Å²) < 4.78 is 18.7. The van der Waals surface area contributed by atoms with E-state index in [0.717, 1.165) is 17.0 Å². The van der Waals surface area contributed by atoms with Crippen LogP contribution in [0, 0.1) is 19.7 Å². The molecule has 2 unspecified atom stereocenters. The third-order valence-electron chi connectivity index (χ3n) is 3.40. The lowest BCUT2D eigenvalue weighted by molar-refractivity contribution is 0.166. The third kappa shape index (κ3) is 3.05. The van der Waals surface area contributed by atoms with Crippen LogP contribution in [0.25, 0.3) is 0 Å². The van der Waals surface area contributed by atoms with Crippen LogP contribution in [0.2, 0.25) is 0 Å². The summed E-state index contributed by atoms with van der Waals surface area (Å²) in [4.78, 5) is 0. The molecule has 2 N–H and O–H groups in total. The van der Waals surface area contributed by atoms with E-state index in [4.69, 9.17) is 4.52 Å². The van der Waals surface area contributed by atoms with Crippen LogP contribution in [0.1, 0.15) is 41.7 Å². The van der Waals surface area contributed by atoms with E-state index in [1.807, 2.05) is 20.8 Å². The zero-order valence-electron chi connectivity index (χ0n) is 11.9. The van der Waals surface area contributed by atoms with Gasteiger partial charge in [0, 0.05) is 23.7 Å². The van der Waals surface area contributed by atoms with Crippen molar-refractivity contribution in [1.29, 1.82) is 0 Å². The average molecular weight is 278 g/mol. The minimum Gasteiger partial charge on any atom is -0.387 e. The number of nitrogens with one attached hydrogen (secondary N) is 1. The molecule has 0 radical (unpaired) electrons. The number of nitrogens with zero attached hydrogens (tertiary/aromatic N) is 1. The Bertz CT molecular complexity index is 564. The maximum absolute atomic E-state index is 13.6. The molecule has 20 heavy (non-hydrogen) atoms. The van der Waals surface area contributed by atoms with Crippen LogP contribution in [0.3, 0.4) is 0 Å². The Morgan fingerprint density at radius 2 is 2.05 bits per heavy atom. The third-order valence-corrected chi connectivity index (χ3v) is 3.40. The van der Waals surface area contributed by atoms with Crippen molar-refractivity contribution in [2.45, 2.75) is 32.9 Å². The first kappa shape index (κ1) is 14.7. The van der Waals surface area contributed by atoms with Crippen molar-refractivity contribution in [2.24, 2.45) is 0 Å². The molecule has 1 aromatic carbocycles. The standard InChI is InChI=1S/C15H19FN2O2/c1-9(15-10(2)18-20-11(15)3)17-8-14(19)12-6-4-5-7-13(12)16/h4-7,9,14,17,19H,8H2,1-3H3. The van der Waals surface area contributed by atoms with Gasteiger partial charge in [-0.2, -0.15) is 0 Å². The normalized spacial score (nSPS) is 14.2. The highest BCUT2D eigenvalue weighted by Gasteiger charge is 2.18. The van der Waals surface area contributed by atoms with Crippen LogP contribution in [-0.2, 0) is 0 Å². The molecule has 0 aliphatic carbocycles. The molecule has 2 aromatic rings. The molecule has 1 aromatic heterocycles. The van der Waals surface area contributed by atoms with Gasteiger partial charge in [-0.3, -0.25) is 0 Å². The molecule has 5 heteroatoms. The van der Waals surface area contributed by atoms with Crippen molar-refractivity contribution in [2.75, 3.05) is 6.54 Å². The fourth-order valence-corrected chi connectivity index (χ4v) is 2.35. The molecule has 0 aliphatic rings. The minimum absolute atomic E-state index is 0.0253. The number of rotatable bonds is 5. The van der Waals surface area contributed by atoms with Gasteiger partial charge in [0.1, 0.15) is 11.6 Å². The molecule has 1 heterocycles. The number of aryl methyl sites for hydroxylation is 2. The summed E-state index contributed by atoms with van der Waals surface area (Å²) in [6, 6.07) is 6.21. The Balaban J connectivity index is 2.00. The summed E-state index contributed by atoms with van der Waals surface area (Å²) in [5.74, 6) is 0.356. The summed E-state index contributed by atoms with van der Waals surface area (Å²) in [6.45, 7) is 5.94. The van der Waals surface area contributed by atoms with E-state index in [0.29, 0.717) is 5.56 Å². The second kappa shape index (κ2) is 6.15. The number of halogens is 1. The van der Waals surface area contributed by atoms with E-state index in [-0.39, 0.29) is 12.6 Å². The van der Waals surface area contributed by atoms with Gasteiger partial charge in [0.15, 0.2) is 0 Å². The Morgan fingerprint density at radius 3 is 2.65 bits per heavy atom. The van der Waals surface area contributed by atoms with Gasteiger partial charge in [0.2, 0.25) is 0 Å². The number of benzene rings is 1. The van der Waals surface area contributed by atoms with Gasteiger partial charge in [-0.1, -0.05) is 23.4 Å². The van der Waals surface area contributed by atoms with Crippen LogP contribution in [0.5, 0.6) is 0 Å². The highest BCUT2D eigenvalue weighted by Crippen LogP contribution is 2.22. The largest absolute Gasteiger partial charge is 0.387 e. The Morgan fingerprint density at radius 1 is 1.35 bits per heavy atom. The van der Waals surface area contributed by atoms with Gasteiger partial charge in [-0.15, -0.1) is 0 Å². The molecular formula is C15H19FN2O2. The molecule has 0 saturated heterocycles. The SMILES string of the molecule is Cc1noc(C)c1C(C)NCC(O)c1ccccc1F. The van der Waals surface area contributed by atoms with Crippen molar-refractivity contribution in [3.8, 4) is 0 Å². The van der Waals surface area contributed by atoms with Crippen molar-refractivity contribution in [3.63, 3.8) is 0 Å². The van der Waals surface area contributed by atoms with E-state index < -0.39 is 11.9 Å². The van der Waals surface area contributed by atoms with Crippen molar-refractivity contribution in [3.05, 3.63) is 52.7 Å². The molecule has 2 atom stereocenters. The first-order chi connectivity index (χ1) is 9.50. The van der Waals surface area contributed by atoms with Crippen LogP contribution < -0.4 is 5.32 Å². The summed E-state index contributed by atoms with van der Waals surface area (Å²) in [5, 5.41) is 17.1. The van der Waals surface area contributed by atoms with Crippen LogP contribution in [0.4, 0.5) is 4.39 Å². The summed E-state index contributed by atoms with van der Waals surface area (Å²) in [5.41, 5.74) is 2.10. The molecule has 0 spiro atoms. The van der Waals surface area contributed by atoms with Gasteiger partial charge in [-0.05, 0) is 26.8 Å². The number of aliphatic hydroxyl groups excluding tert-OH is 1. The lowest BCUT2D eigenvalue weighted by Gasteiger charge is -2.17. The van der Waals surface area contributed by atoms with Crippen LogP contribution >= 0.6 is 0 Å². The lowest BCUT2D eigenvalue weighted by atomic mass is 10.1. The van der Waals surface area contributed by atoms with Crippen molar-refractivity contribution < 1.29 is 14.0 Å². The molecule has 0 amide bonds. The number of aliphatic hydroxyl groups is 1. The lowest BCUT2D eigenvalue weighted by Crippen LogP contribution is -2.25. The Kier molecular flexibility index (Phi) is 4.52. The maximum atomic E-state index is 13.6. The first-order valence-corrected chi connectivity index (χ1v) is 6.59. The molecule has 2 rings (SSSR count). The van der Waals surface area contributed by atoms with Crippen LogP contribution in [0.15, 0.2) is 28.8 Å². The predicted molar refractivity (Wildman–Crippen MR) is 73.8 cm³/mol. The number of aromatic nitrogens is 1. The van der Waals surface area contributed by atoms with Gasteiger partial charge in [-0.25, -0.2) is 4.39 Å². The molecular weight excluding hydrogens is 259 g/mol. The average Bonchev–Trinajstić information content (AvgIpc) is 2.76. The van der Waals surface area contributed by atoms with E-state index in [2.05, 4.69) is 10.5 Å². The molecule has 4 nitrogen and oxygen atoms in total. The zero-order chi connectivity index (χ0) is 14.7. The van der Waals surface area contributed by atoms with Gasteiger partial charge in [0.25, 0.3) is 0 Å². The molecule has 0 fully saturated rings. The first-order valence-electron chi connectivity index (χ1n) is 6.59. The molecule has 108 valence electrons. The van der Waals surface area contributed by atoms with Crippen molar-refractivity contribution >= 4 is 0 Å². The highest BCUT2D eigenvalue weighted by atomic mass is 19.1. The maximum Gasteiger partial charge on any atom is 0.138 e. The quantitative estimate of drug-likeness (QED) is 0.883. The number of hydrogen-bond acceptors (Lipinski definition) is 4. The van der Waals surface area contributed by atoms with E-state index in [1.165, 1.54) is 6.07 Å². The Labute approximate surface area is 117 Å². The van der Waals surface area contributed by atoms with Gasteiger partial charge in [0.05, 0.1) is 11.8 Å². The predicted octanol–water partition coefficient (Wildman–Crippen LogP) is 2.81. The van der Waals surface area contributed by atoms with Crippen LogP contribution in [-0.4, -0.2) is 16.8 Å². The van der Waals surface area contributed by atoms with Gasteiger partial charge < -0.3 is 14.9 Å². The smallest absolute Gasteiger partial charge is 0.138 e. The van der Waals surface area contributed by atoms with E-state index >= 15 is 0 Å². The summed E-state index contributed by atoms with van der Waals surface area (Å²) >= 11 is 0. The fraction of sp³-hybridized carbons (Fsp3) is 0.400. The second-order valence-corrected chi connectivity index (χ2v) is 4.91. The summed E-state index contributed by atoms with van der Waals surface area (Å²) in [6.07, 6.45) is -0.890. The Hall–Kier alpha value is -1.72. The van der Waals surface area contributed by atoms with Crippen molar-refractivity contribution in [1.82, 2.24) is 10.5 Å². The topological polar surface area (TPSA) is 58.3 Å². The molecule has 0 bridgehead atoms. The monoisotopic (exact) mass is 278 g/mol. The van der Waals surface area contributed by atoms with E-state index in [9.17, 15) is 9.50 Å². The zero-order valence-corrected chi connectivity index (χ0v) is 11.9. The summed E-state index contributed by atoms with van der Waals surface area (Å²) in [7, 11) is 0. The van der Waals surface area contributed by atoms with E-state index in [1.54, 1.807) is 18.2 Å². The highest BCUT2D eigenvalue weighted by molar-refractivity contribution is 5.25. The fourth-order valence-electron chi connectivity index (χ4n) is 2.35. The van der Waals surface area contributed by atoms with Gasteiger partial charge >= 0.3 is 0 Å². The number of hydrogen-bond donors (Lipinski definition) is 2.